The number of ether oxygens (including phenoxy) is 2. The summed E-state index contributed by atoms with van der Waals surface area (Å²) in [5, 5.41) is 6.54. The fourth-order valence-electron chi connectivity index (χ4n) is 4.20. The van der Waals surface area contributed by atoms with Gasteiger partial charge in [-0.1, -0.05) is 40.2 Å². The van der Waals surface area contributed by atoms with Crippen LogP contribution in [0.15, 0.2) is 71.7 Å². The number of aromatic nitrogens is 4. The normalized spacial score (nSPS) is 14.9. The van der Waals surface area contributed by atoms with E-state index in [0.717, 1.165) is 49.1 Å². The summed E-state index contributed by atoms with van der Waals surface area (Å²) in [4.78, 5) is 9.04. The van der Waals surface area contributed by atoms with Crippen molar-refractivity contribution in [1.29, 1.82) is 0 Å². The molecule has 0 saturated carbocycles. The molecule has 0 fully saturated rings. The van der Waals surface area contributed by atoms with E-state index in [9.17, 15) is 0 Å². The molecule has 1 aliphatic heterocycles. The molecule has 0 spiro atoms. The molecule has 0 aliphatic carbocycles. The van der Waals surface area contributed by atoms with Crippen molar-refractivity contribution in [3.8, 4) is 17.4 Å². The SMILES string of the molecule is COc1ccc(C2c3c(ccc4cc(Br)ccc34)Oc3ncn4ncnc4c32)cc1. The maximum absolute atomic E-state index is 6.26. The molecule has 7 heteroatoms. The summed E-state index contributed by atoms with van der Waals surface area (Å²) < 4.78 is 14.4. The highest BCUT2D eigenvalue weighted by molar-refractivity contribution is 9.10. The summed E-state index contributed by atoms with van der Waals surface area (Å²) in [6, 6.07) is 18.5. The van der Waals surface area contributed by atoms with E-state index in [0.29, 0.717) is 5.88 Å². The Morgan fingerprint density at radius 1 is 1.00 bits per heavy atom. The zero-order chi connectivity index (χ0) is 20.2. The van der Waals surface area contributed by atoms with Gasteiger partial charge in [0, 0.05) is 16.0 Å². The minimum absolute atomic E-state index is 0.111. The molecule has 6 nitrogen and oxygen atoms in total. The highest BCUT2D eigenvalue weighted by Gasteiger charge is 2.34. The molecule has 3 aromatic carbocycles. The Kier molecular flexibility index (Phi) is 3.79. The number of fused-ring (bicyclic) bond motifs is 6. The molecule has 1 atom stereocenters. The van der Waals surface area contributed by atoms with Gasteiger partial charge in [-0.25, -0.2) is 14.5 Å². The Morgan fingerprint density at radius 3 is 2.70 bits per heavy atom. The van der Waals surface area contributed by atoms with Crippen LogP contribution >= 0.6 is 15.9 Å². The minimum Gasteiger partial charge on any atom is -0.497 e. The van der Waals surface area contributed by atoms with Crippen molar-refractivity contribution >= 4 is 32.3 Å². The Morgan fingerprint density at radius 2 is 1.87 bits per heavy atom. The van der Waals surface area contributed by atoms with Crippen LogP contribution in [0.4, 0.5) is 0 Å². The van der Waals surface area contributed by atoms with Crippen LogP contribution in [-0.4, -0.2) is 26.7 Å². The number of rotatable bonds is 2. The van der Waals surface area contributed by atoms with Gasteiger partial charge in [0.1, 0.15) is 24.2 Å². The molecule has 0 amide bonds. The van der Waals surface area contributed by atoms with Crippen LogP contribution in [0.3, 0.4) is 0 Å². The summed E-state index contributed by atoms with van der Waals surface area (Å²) in [5.41, 5.74) is 3.84. The fraction of sp³-hybridized carbons (Fsp3) is 0.0870. The Labute approximate surface area is 180 Å². The molecular formula is C23H15BrN4O2. The molecule has 1 aliphatic rings. The lowest BCUT2D eigenvalue weighted by Gasteiger charge is -2.29. The number of nitrogens with zero attached hydrogens (tertiary/aromatic N) is 4. The average molecular weight is 459 g/mol. The van der Waals surface area contributed by atoms with Gasteiger partial charge in [-0.15, -0.1) is 0 Å². The third-order valence-corrected chi connectivity index (χ3v) is 6.04. The molecule has 0 radical (unpaired) electrons. The lowest BCUT2D eigenvalue weighted by Crippen LogP contribution is -2.15. The maximum atomic E-state index is 6.26. The van der Waals surface area contributed by atoms with Gasteiger partial charge in [0.25, 0.3) is 0 Å². The minimum atomic E-state index is -0.111. The predicted molar refractivity (Wildman–Crippen MR) is 116 cm³/mol. The summed E-state index contributed by atoms with van der Waals surface area (Å²) in [6.07, 6.45) is 3.17. The van der Waals surface area contributed by atoms with Gasteiger partial charge in [-0.3, -0.25) is 0 Å². The first-order valence-electron chi connectivity index (χ1n) is 9.45. The second-order valence-electron chi connectivity index (χ2n) is 7.14. The second-order valence-corrected chi connectivity index (χ2v) is 8.06. The first-order valence-corrected chi connectivity index (χ1v) is 10.2. The molecule has 0 N–H and O–H groups in total. The molecule has 0 saturated heterocycles. The lowest BCUT2D eigenvalue weighted by molar-refractivity contribution is 0.414. The van der Waals surface area contributed by atoms with E-state index in [1.807, 2.05) is 18.2 Å². The average Bonchev–Trinajstić information content (AvgIpc) is 3.26. The van der Waals surface area contributed by atoms with E-state index in [2.05, 4.69) is 67.4 Å². The van der Waals surface area contributed by atoms with Gasteiger partial charge < -0.3 is 9.47 Å². The topological polar surface area (TPSA) is 61.5 Å². The zero-order valence-electron chi connectivity index (χ0n) is 15.9. The van der Waals surface area contributed by atoms with Gasteiger partial charge >= 0.3 is 0 Å². The zero-order valence-corrected chi connectivity index (χ0v) is 17.5. The molecule has 146 valence electrons. The van der Waals surface area contributed by atoms with Crippen molar-refractivity contribution in [1.82, 2.24) is 19.6 Å². The van der Waals surface area contributed by atoms with Crippen molar-refractivity contribution in [3.05, 3.63) is 88.4 Å². The highest BCUT2D eigenvalue weighted by Crippen LogP contribution is 2.50. The number of halogens is 1. The van der Waals surface area contributed by atoms with Gasteiger partial charge in [-0.05, 0) is 46.7 Å². The van der Waals surface area contributed by atoms with Crippen LogP contribution in [0, 0.1) is 0 Å². The van der Waals surface area contributed by atoms with Gasteiger partial charge in [-0.2, -0.15) is 5.10 Å². The summed E-state index contributed by atoms with van der Waals surface area (Å²) in [7, 11) is 1.67. The van der Waals surface area contributed by atoms with Crippen LogP contribution in [0.1, 0.15) is 22.6 Å². The van der Waals surface area contributed by atoms with Crippen LogP contribution in [0.5, 0.6) is 17.4 Å². The quantitative estimate of drug-likeness (QED) is 0.350. The van der Waals surface area contributed by atoms with Crippen molar-refractivity contribution in [2.75, 3.05) is 7.11 Å². The predicted octanol–water partition coefficient (Wildman–Crippen LogP) is 5.33. The first-order chi connectivity index (χ1) is 14.7. The largest absolute Gasteiger partial charge is 0.497 e. The third-order valence-electron chi connectivity index (χ3n) is 5.55. The van der Waals surface area contributed by atoms with E-state index in [1.165, 1.54) is 6.33 Å². The molecule has 5 aromatic rings. The highest BCUT2D eigenvalue weighted by atomic mass is 79.9. The number of hydrogen-bond acceptors (Lipinski definition) is 5. The van der Waals surface area contributed by atoms with Crippen LogP contribution in [0.25, 0.3) is 16.4 Å². The second kappa shape index (κ2) is 6.53. The number of methoxy groups -OCH3 is 1. The fourth-order valence-corrected chi connectivity index (χ4v) is 4.58. The smallest absolute Gasteiger partial charge is 0.228 e. The van der Waals surface area contributed by atoms with E-state index in [1.54, 1.807) is 18.0 Å². The van der Waals surface area contributed by atoms with E-state index >= 15 is 0 Å². The van der Waals surface area contributed by atoms with Crippen LogP contribution in [0.2, 0.25) is 0 Å². The third kappa shape index (κ3) is 2.52. The molecule has 2 aromatic heterocycles. The first kappa shape index (κ1) is 17.4. The van der Waals surface area contributed by atoms with Crippen molar-refractivity contribution in [2.45, 2.75) is 5.92 Å². The monoisotopic (exact) mass is 458 g/mol. The number of benzene rings is 3. The number of hydrogen-bond donors (Lipinski definition) is 0. The maximum Gasteiger partial charge on any atom is 0.228 e. The van der Waals surface area contributed by atoms with Crippen molar-refractivity contribution in [2.24, 2.45) is 0 Å². The molecular weight excluding hydrogens is 444 g/mol. The Bertz CT molecular complexity index is 1430. The standard InChI is InChI=1S/C23H15BrN4O2/c1-29-16-6-2-13(3-7-16)19-20-17-8-5-15(24)10-14(17)4-9-18(20)30-23-21(19)22-25-11-27-28(22)12-26-23/h2-12,19H,1H3. The van der Waals surface area contributed by atoms with Crippen LogP contribution in [-0.2, 0) is 0 Å². The molecule has 0 bridgehead atoms. The Balaban J connectivity index is 1.71. The molecule has 3 heterocycles. The lowest BCUT2D eigenvalue weighted by atomic mass is 9.81. The van der Waals surface area contributed by atoms with E-state index in [4.69, 9.17) is 9.47 Å². The van der Waals surface area contributed by atoms with E-state index in [-0.39, 0.29) is 5.92 Å². The van der Waals surface area contributed by atoms with Gasteiger partial charge in [0.2, 0.25) is 5.88 Å². The Hall–Kier alpha value is -3.45. The van der Waals surface area contributed by atoms with Crippen molar-refractivity contribution in [3.63, 3.8) is 0 Å². The van der Waals surface area contributed by atoms with E-state index < -0.39 is 0 Å². The van der Waals surface area contributed by atoms with Gasteiger partial charge in [0.15, 0.2) is 5.65 Å². The summed E-state index contributed by atoms with van der Waals surface area (Å²) >= 11 is 3.58. The molecule has 30 heavy (non-hydrogen) atoms. The van der Waals surface area contributed by atoms with Crippen LogP contribution < -0.4 is 9.47 Å². The van der Waals surface area contributed by atoms with Crippen molar-refractivity contribution < 1.29 is 9.47 Å². The summed E-state index contributed by atoms with van der Waals surface area (Å²) in [6.45, 7) is 0. The summed E-state index contributed by atoms with van der Waals surface area (Å²) in [5.74, 6) is 2.06. The molecule has 6 rings (SSSR count). The molecule has 1 unspecified atom stereocenters. The van der Waals surface area contributed by atoms with Gasteiger partial charge in [0.05, 0.1) is 12.7 Å².